The molecule has 0 aliphatic carbocycles. The van der Waals surface area contributed by atoms with Gasteiger partial charge in [0, 0.05) is 13.2 Å². The van der Waals surface area contributed by atoms with Gasteiger partial charge in [-0.2, -0.15) is 0 Å². The molecule has 0 spiro atoms. The van der Waals surface area contributed by atoms with Gasteiger partial charge in [-0.3, -0.25) is 0 Å². The second kappa shape index (κ2) is 5.00. The first-order chi connectivity index (χ1) is 6.27. The average Bonchev–Trinajstić information content (AvgIpc) is 2.12. The molecule has 0 aromatic heterocycles. The van der Waals surface area contributed by atoms with Crippen LogP contribution >= 0.6 is 0 Å². The summed E-state index contributed by atoms with van der Waals surface area (Å²) in [5.74, 6) is 0. The molecule has 72 valence electrons. The lowest BCUT2D eigenvalue weighted by molar-refractivity contribution is 0.298. The zero-order valence-electron chi connectivity index (χ0n) is 7.95. The van der Waals surface area contributed by atoms with Gasteiger partial charge in [0.2, 0.25) is 0 Å². The van der Waals surface area contributed by atoms with Crippen LogP contribution in [-0.2, 0) is 12.8 Å². The molecule has 2 heteroatoms. The normalized spacial score (nSPS) is 10.4. The van der Waals surface area contributed by atoms with Gasteiger partial charge in [-0.05, 0) is 36.5 Å². The van der Waals surface area contributed by atoms with Crippen molar-refractivity contribution in [3.8, 4) is 0 Å². The summed E-state index contributed by atoms with van der Waals surface area (Å²) in [4.78, 5) is 0. The molecule has 0 saturated heterocycles. The largest absolute Gasteiger partial charge is 0.396 e. The summed E-state index contributed by atoms with van der Waals surface area (Å²) in [6.07, 6.45) is 1.39. The summed E-state index contributed by atoms with van der Waals surface area (Å²) in [7, 11) is 0. The fourth-order valence-electron chi connectivity index (χ4n) is 1.40. The quantitative estimate of drug-likeness (QED) is 0.727. The Morgan fingerprint density at radius 1 is 1.08 bits per heavy atom. The first-order valence-corrected chi connectivity index (χ1v) is 4.58. The van der Waals surface area contributed by atoms with Crippen molar-refractivity contribution >= 4 is 0 Å². The summed E-state index contributed by atoms with van der Waals surface area (Å²) < 4.78 is 0. The van der Waals surface area contributed by atoms with Gasteiger partial charge in [0.05, 0.1) is 0 Å². The summed E-state index contributed by atoms with van der Waals surface area (Å²) in [6, 6.07) is 6.12. The van der Waals surface area contributed by atoms with Crippen molar-refractivity contribution < 1.29 is 10.2 Å². The molecule has 0 atom stereocenters. The molecule has 1 aromatic rings. The monoisotopic (exact) mass is 180 g/mol. The molecular weight excluding hydrogens is 164 g/mol. The Hall–Kier alpha value is -0.860. The third kappa shape index (κ3) is 2.83. The van der Waals surface area contributed by atoms with Crippen molar-refractivity contribution in [3.63, 3.8) is 0 Å². The number of benzene rings is 1. The maximum absolute atomic E-state index is 8.82. The van der Waals surface area contributed by atoms with E-state index in [-0.39, 0.29) is 13.2 Å². The molecule has 0 fully saturated rings. The summed E-state index contributed by atoms with van der Waals surface area (Å²) in [5, 5.41) is 17.6. The topological polar surface area (TPSA) is 40.5 Å². The van der Waals surface area contributed by atoms with Gasteiger partial charge >= 0.3 is 0 Å². The van der Waals surface area contributed by atoms with E-state index in [1.807, 2.05) is 19.1 Å². The molecule has 0 unspecified atom stereocenters. The summed E-state index contributed by atoms with van der Waals surface area (Å²) in [6.45, 7) is 2.40. The number of rotatable bonds is 4. The van der Waals surface area contributed by atoms with E-state index >= 15 is 0 Å². The van der Waals surface area contributed by atoms with Gasteiger partial charge in [0.1, 0.15) is 0 Å². The molecule has 0 heterocycles. The third-order valence-electron chi connectivity index (χ3n) is 2.20. The molecule has 2 N–H and O–H groups in total. The number of aliphatic hydroxyl groups excluding tert-OH is 2. The van der Waals surface area contributed by atoms with Crippen molar-refractivity contribution in [1.29, 1.82) is 0 Å². The maximum atomic E-state index is 8.82. The predicted octanol–water partition coefficient (Wildman–Crippen LogP) is 1.06. The van der Waals surface area contributed by atoms with Gasteiger partial charge in [0.25, 0.3) is 0 Å². The van der Waals surface area contributed by atoms with Crippen molar-refractivity contribution in [1.82, 2.24) is 0 Å². The zero-order chi connectivity index (χ0) is 9.68. The molecule has 1 aromatic carbocycles. The molecular formula is C11H16O2. The second-order valence-electron chi connectivity index (χ2n) is 3.21. The summed E-state index contributed by atoms with van der Waals surface area (Å²) >= 11 is 0. The average molecular weight is 180 g/mol. The maximum Gasteiger partial charge on any atom is 0.0471 e. The van der Waals surface area contributed by atoms with Crippen LogP contribution in [0.3, 0.4) is 0 Å². The van der Waals surface area contributed by atoms with Crippen LogP contribution in [0.15, 0.2) is 18.2 Å². The molecule has 0 bridgehead atoms. The Morgan fingerprint density at radius 3 is 2.38 bits per heavy atom. The van der Waals surface area contributed by atoms with Gasteiger partial charge < -0.3 is 10.2 Å². The second-order valence-corrected chi connectivity index (χ2v) is 3.21. The SMILES string of the molecule is Cc1ccc(CCO)cc1CCO. The molecule has 0 saturated carbocycles. The van der Waals surface area contributed by atoms with Crippen LogP contribution in [0.2, 0.25) is 0 Å². The highest BCUT2D eigenvalue weighted by Gasteiger charge is 1.99. The van der Waals surface area contributed by atoms with Crippen molar-refractivity contribution in [2.24, 2.45) is 0 Å². The van der Waals surface area contributed by atoms with Gasteiger partial charge in [-0.1, -0.05) is 18.2 Å². The lowest BCUT2D eigenvalue weighted by Crippen LogP contribution is -1.97. The standard InChI is InChI=1S/C11H16O2/c1-9-2-3-10(4-6-12)8-11(9)5-7-13/h2-3,8,12-13H,4-7H2,1H3. The van der Waals surface area contributed by atoms with E-state index in [2.05, 4.69) is 6.07 Å². The van der Waals surface area contributed by atoms with E-state index in [9.17, 15) is 0 Å². The van der Waals surface area contributed by atoms with Crippen LogP contribution in [0.5, 0.6) is 0 Å². The van der Waals surface area contributed by atoms with E-state index in [0.29, 0.717) is 12.8 Å². The lowest BCUT2D eigenvalue weighted by Gasteiger charge is -2.06. The smallest absolute Gasteiger partial charge is 0.0471 e. The molecule has 0 amide bonds. The molecule has 2 nitrogen and oxygen atoms in total. The van der Waals surface area contributed by atoms with Crippen LogP contribution in [0.4, 0.5) is 0 Å². The predicted molar refractivity (Wildman–Crippen MR) is 52.8 cm³/mol. The van der Waals surface area contributed by atoms with Gasteiger partial charge in [-0.15, -0.1) is 0 Å². The van der Waals surface area contributed by atoms with Crippen LogP contribution in [0.25, 0.3) is 0 Å². The Bertz CT molecular complexity index is 269. The Morgan fingerprint density at radius 2 is 1.77 bits per heavy atom. The molecule has 0 aliphatic heterocycles. The third-order valence-corrected chi connectivity index (χ3v) is 2.20. The Kier molecular flexibility index (Phi) is 3.93. The van der Waals surface area contributed by atoms with Gasteiger partial charge in [0.15, 0.2) is 0 Å². The van der Waals surface area contributed by atoms with E-state index in [4.69, 9.17) is 10.2 Å². The minimum Gasteiger partial charge on any atom is -0.396 e. The Balaban J connectivity index is 2.83. The van der Waals surface area contributed by atoms with Gasteiger partial charge in [-0.25, -0.2) is 0 Å². The highest BCUT2D eigenvalue weighted by Crippen LogP contribution is 2.12. The number of aryl methyl sites for hydroxylation is 1. The van der Waals surface area contributed by atoms with Crippen LogP contribution in [0, 0.1) is 6.92 Å². The van der Waals surface area contributed by atoms with E-state index in [0.717, 1.165) is 5.56 Å². The lowest BCUT2D eigenvalue weighted by atomic mass is 10.0. The highest BCUT2D eigenvalue weighted by molar-refractivity contribution is 5.31. The molecule has 0 radical (unpaired) electrons. The summed E-state index contributed by atoms with van der Waals surface area (Å²) in [5.41, 5.74) is 3.51. The highest BCUT2D eigenvalue weighted by atomic mass is 16.3. The van der Waals surface area contributed by atoms with E-state index in [1.54, 1.807) is 0 Å². The molecule has 0 aliphatic rings. The minimum atomic E-state index is 0.182. The van der Waals surface area contributed by atoms with Crippen LogP contribution < -0.4 is 0 Å². The first-order valence-electron chi connectivity index (χ1n) is 4.58. The molecule has 13 heavy (non-hydrogen) atoms. The first kappa shape index (κ1) is 10.2. The van der Waals surface area contributed by atoms with E-state index < -0.39 is 0 Å². The fraction of sp³-hybridized carbons (Fsp3) is 0.455. The Labute approximate surface area is 78.8 Å². The number of hydrogen-bond acceptors (Lipinski definition) is 2. The number of aliphatic hydroxyl groups is 2. The van der Waals surface area contributed by atoms with Crippen LogP contribution in [0.1, 0.15) is 16.7 Å². The van der Waals surface area contributed by atoms with Crippen molar-refractivity contribution in [2.45, 2.75) is 19.8 Å². The fourth-order valence-corrected chi connectivity index (χ4v) is 1.40. The minimum absolute atomic E-state index is 0.182. The van der Waals surface area contributed by atoms with Crippen molar-refractivity contribution in [2.75, 3.05) is 13.2 Å². The zero-order valence-corrected chi connectivity index (χ0v) is 7.95. The van der Waals surface area contributed by atoms with E-state index in [1.165, 1.54) is 11.1 Å². The van der Waals surface area contributed by atoms with Crippen molar-refractivity contribution in [3.05, 3.63) is 34.9 Å². The van der Waals surface area contributed by atoms with Crippen LogP contribution in [-0.4, -0.2) is 23.4 Å². The molecule has 1 rings (SSSR count). The number of hydrogen-bond donors (Lipinski definition) is 2.